The number of nitrogens with zero attached hydrogens (tertiary/aromatic N) is 4. The third-order valence-electron chi connectivity index (χ3n) is 27.8. The summed E-state index contributed by atoms with van der Waals surface area (Å²) < 4.78 is 12.6. The lowest BCUT2D eigenvalue weighted by Crippen LogP contribution is -2.15. The van der Waals surface area contributed by atoms with Crippen molar-refractivity contribution in [2.45, 2.75) is 89.9 Å². The fourth-order valence-electron chi connectivity index (χ4n) is 22.7. The molecule has 28 rings (SSSR count). The first-order valence-corrected chi connectivity index (χ1v) is 45.7. The highest BCUT2D eigenvalue weighted by Gasteiger charge is 2.45. The van der Waals surface area contributed by atoms with E-state index in [2.05, 4.69) is 319 Å². The number of hydrogen-bond acceptors (Lipinski definition) is 6. The molecule has 0 fully saturated rings. The van der Waals surface area contributed by atoms with E-state index >= 15 is 0 Å². The zero-order chi connectivity index (χ0) is 88.0. The van der Waals surface area contributed by atoms with Crippen molar-refractivity contribution in [2.75, 3.05) is 84.6 Å². The first kappa shape index (κ1) is 82.0. The van der Waals surface area contributed by atoms with Crippen molar-refractivity contribution in [3.05, 3.63) is 402 Å². The fraction of sp³-hybridized carbons (Fsp3) is 0.213. The summed E-state index contributed by atoms with van der Waals surface area (Å²) in [5, 5.41) is 5.23. The lowest BCUT2D eigenvalue weighted by atomic mass is 9.81. The Morgan fingerprint density at radius 1 is 0.172 bits per heavy atom. The SMILES string of the molecule is CC1(C)c2ccc3c(c2-c2c1ccc1c2-c2ccccc2C1)-c1ccccc1C3.CC1(C)c2ccc3c(c2-c2c1ccc1c2Cc2ccccc2-1)Cc1ccccc1-3.CN(C)C.CN(C)C.CN(C)C.CN(C)C.c1ccc2c(c1)Cc1c-2ccc2oc3ccc4c(c3c12)-c1ccccc1C4.c1ccc2c(c1)Cc1c-2ccc2oc3ccc4c(c3c12)-c1ccccc1C4. The van der Waals surface area contributed by atoms with Gasteiger partial charge in [0.2, 0.25) is 0 Å². The van der Waals surface area contributed by atoms with Crippen molar-refractivity contribution < 1.29 is 8.83 Å². The number of benzene rings is 16. The van der Waals surface area contributed by atoms with Gasteiger partial charge in [-0.2, -0.15) is 0 Å². The molecule has 10 aliphatic rings. The standard InChI is InChI=1S/2C29H22.2C26H16O.4C3H9N/c1-29(2)23-13-11-19-15-17-7-3-5-9-21(17)25(19)27(23)28-24(29)14-12-20-16-18-8-4-6-10-22(18)26(20)28;1-29(2)25-13-11-21-19-9-5-3-7-17(19)15-23(21)27(25)28-24-16-18-8-4-6-10-20(18)22(24)12-14-26(28)29;2*1-3-7-18-16(6-1)14-21-20(18)10-12-22-25(21)26-23(27-22)11-9-17-13-15-5-2-4-8-19(15)24(17)26;4*1-4(2)3/h2*3-14H,15-16H2,1-2H3;2*1-12H,13-14H2;4*1-3H3. The van der Waals surface area contributed by atoms with E-state index in [0.29, 0.717) is 0 Å². The van der Waals surface area contributed by atoms with Gasteiger partial charge in [-0.25, -0.2) is 0 Å². The van der Waals surface area contributed by atoms with E-state index in [1.165, 1.54) is 233 Å². The van der Waals surface area contributed by atoms with E-state index < -0.39 is 0 Å². The molecule has 6 heteroatoms. The van der Waals surface area contributed by atoms with Gasteiger partial charge in [-0.3, -0.25) is 0 Å². The Labute approximate surface area is 755 Å². The van der Waals surface area contributed by atoms with Crippen LogP contribution in [0.3, 0.4) is 0 Å². The molecule has 2 heterocycles. The molecule has 0 bridgehead atoms. The molecule has 0 aliphatic heterocycles. The molecule has 632 valence electrons. The average molecular weight is 1670 g/mol. The number of hydrogen-bond donors (Lipinski definition) is 0. The number of fused-ring (bicyclic) bond motifs is 44. The molecule has 18 aromatic rings. The molecule has 0 atom stereocenters. The summed E-state index contributed by atoms with van der Waals surface area (Å²) in [6.45, 7) is 9.61. The highest BCUT2D eigenvalue weighted by atomic mass is 16.3. The highest BCUT2D eigenvalue weighted by Crippen LogP contribution is 2.62. The topological polar surface area (TPSA) is 39.2 Å². The maximum atomic E-state index is 6.32. The van der Waals surface area contributed by atoms with E-state index in [4.69, 9.17) is 8.83 Å². The van der Waals surface area contributed by atoms with Crippen LogP contribution in [0.1, 0.15) is 139 Å². The van der Waals surface area contributed by atoms with Crippen LogP contribution in [0.25, 0.3) is 155 Å². The minimum Gasteiger partial charge on any atom is -0.456 e. The molecule has 0 saturated carbocycles. The second-order valence-corrected chi connectivity index (χ2v) is 39.4. The van der Waals surface area contributed by atoms with Crippen LogP contribution in [0, 0.1) is 0 Å². The van der Waals surface area contributed by atoms with Gasteiger partial charge in [0.25, 0.3) is 0 Å². The third kappa shape index (κ3) is 13.6. The summed E-state index contributed by atoms with van der Waals surface area (Å²) in [6, 6.07) is 108. The maximum absolute atomic E-state index is 6.32. The van der Waals surface area contributed by atoms with E-state index in [1.54, 1.807) is 11.1 Å². The molecule has 128 heavy (non-hydrogen) atoms. The minimum atomic E-state index is 0.0315. The highest BCUT2D eigenvalue weighted by molar-refractivity contribution is 6.19. The molecule has 16 aromatic carbocycles. The molecule has 0 N–H and O–H groups in total. The quantitative estimate of drug-likeness (QED) is 0.151. The molecular formula is C122H112N4O2. The van der Waals surface area contributed by atoms with Crippen molar-refractivity contribution in [3.63, 3.8) is 0 Å². The summed E-state index contributed by atoms with van der Waals surface area (Å²) >= 11 is 0. The van der Waals surface area contributed by atoms with Gasteiger partial charge in [-0.1, -0.05) is 295 Å². The lowest BCUT2D eigenvalue weighted by Gasteiger charge is -2.22. The molecule has 0 amide bonds. The Kier molecular flexibility index (Phi) is 20.5. The van der Waals surface area contributed by atoms with Crippen LogP contribution in [0.15, 0.2) is 300 Å². The van der Waals surface area contributed by atoms with Gasteiger partial charge < -0.3 is 28.4 Å². The summed E-state index contributed by atoms with van der Waals surface area (Å²) in [6.07, 6.45) is 8.24. The molecule has 0 unspecified atom stereocenters. The lowest BCUT2D eigenvalue weighted by molar-refractivity contribution is 0.505. The van der Waals surface area contributed by atoms with Crippen molar-refractivity contribution in [1.29, 1.82) is 0 Å². The Bertz CT molecular complexity index is 7110. The number of rotatable bonds is 0. The van der Waals surface area contributed by atoms with Gasteiger partial charge in [0.05, 0.1) is 0 Å². The summed E-state index contributed by atoms with van der Waals surface area (Å²) in [5.74, 6) is 0. The summed E-state index contributed by atoms with van der Waals surface area (Å²) in [7, 11) is 24.0. The molecule has 10 aliphatic carbocycles. The molecule has 0 saturated heterocycles. The van der Waals surface area contributed by atoms with Crippen LogP contribution in [-0.4, -0.2) is 104 Å². The predicted molar refractivity (Wildman–Crippen MR) is 540 cm³/mol. The van der Waals surface area contributed by atoms with Crippen LogP contribution in [0.4, 0.5) is 0 Å². The van der Waals surface area contributed by atoms with E-state index in [1.807, 2.05) is 104 Å². The first-order chi connectivity index (χ1) is 62.0. The van der Waals surface area contributed by atoms with Crippen LogP contribution >= 0.6 is 0 Å². The first-order valence-electron chi connectivity index (χ1n) is 45.7. The minimum absolute atomic E-state index is 0.0315. The molecule has 6 nitrogen and oxygen atoms in total. The van der Waals surface area contributed by atoms with E-state index in [9.17, 15) is 0 Å². The van der Waals surface area contributed by atoms with Gasteiger partial charge in [0.1, 0.15) is 22.3 Å². The molecule has 0 spiro atoms. The Morgan fingerprint density at radius 2 is 0.375 bits per heavy atom. The van der Waals surface area contributed by atoms with Crippen molar-refractivity contribution in [1.82, 2.24) is 19.6 Å². The van der Waals surface area contributed by atoms with Crippen molar-refractivity contribution in [3.8, 4) is 111 Å². The molecule has 2 aromatic heterocycles. The van der Waals surface area contributed by atoms with E-state index in [-0.39, 0.29) is 10.8 Å². The van der Waals surface area contributed by atoms with Crippen molar-refractivity contribution >= 4 is 43.9 Å². The average Bonchev–Trinajstić information content (AvgIpc) is 1.53. The molecular weight excluding hydrogens is 1550 g/mol. The van der Waals surface area contributed by atoms with Gasteiger partial charge in [-0.05, 0) is 383 Å². The Hall–Kier alpha value is -13.0. The monoisotopic (exact) mass is 1660 g/mol. The molecule has 0 radical (unpaired) electrons. The van der Waals surface area contributed by atoms with Crippen molar-refractivity contribution in [2.24, 2.45) is 0 Å². The van der Waals surface area contributed by atoms with Crippen LogP contribution in [0.2, 0.25) is 0 Å². The van der Waals surface area contributed by atoms with Gasteiger partial charge in [0.15, 0.2) is 0 Å². The normalized spacial score (nSPS) is 14.1. The summed E-state index contributed by atoms with van der Waals surface area (Å²) in [4.78, 5) is 8.00. The second-order valence-electron chi connectivity index (χ2n) is 39.4. The van der Waals surface area contributed by atoms with Gasteiger partial charge >= 0.3 is 0 Å². The van der Waals surface area contributed by atoms with E-state index in [0.717, 1.165) is 73.7 Å². The van der Waals surface area contributed by atoms with Crippen LogP contribution in [0.5, 0.6) is 0 Å². The summed E-state index contributed by atoms with van der Waals surface area (Å²) in [5.41, 5.74) is 62.0. The predicted octanol–water partition coefficient (Wildman–Crippen LogP) is 28.4. The second kappa shape index (κ2) is 32.1. The largest absolute Gasteiger partial charge is 0.456 e. The zero-order valence-electron chi connectivity index (χ0n) is 77.0. The van der Waals surface area contributed by atoms with Crippen LogP contribution in [-0.2, 0) is 62.2 Å². The Balaban J connectivity index is 0.0000000980. The fourth-order valence-corrected chi connectivity index (χ4v) is 22.7. The third-order valence-corrected chi connectivity index (χ3v) is 27.8. The zero-order valence-corrected chi connectivity index (χ0v) is 77.0. The number of furan rings is 2. The van der Waals surface area contributed by atoms with Crippen LogP contribution < -0.4 is 0 Å². The van der Waals surface area contributed by atoms with Gasteiger partial charge in [-0.15, -0.1) is 0 Å². The Morgan fingerprint density at radius 3 is 0.680 bits per heavy atom. The smallest absolute Gasteiger partial charge is 0.136 e. The maximum Gasteiger partial charge on any atom is 0.136 e. The van der Waals surface area contributed by atoms with Gasteiger partial charge in [0, 0.05) is 32.4 Å².